The molecule has 0 spiro atoms. The van der Waals surface area contributed by atoms with Crippen molar-refractivity contribution >= 4 is 0 Å². The van der Waals surface area contributed by atoms with Crippen molar-refractivity contribution in [1.82, 2.24) is 34.6 Å². The summed E-state index contributed by atoms with van der Waals surface area (Å²) in [6, 6.07) is 1.42. The van der Waals surface area contributed by atoms with Gasteiger partial charge < -0.3 is 24.5 Å². The van der Waals surface area contributed by atoms with Gasteiger partial charge in [0, 0.05) is 63.1 Å². The molecule has 212 valence electrons. The SMILES string of the molecule is c1c[nH]c(CN(Cc2ncc[nH]2)C2CCC(CN3CCCCN(C4CCCCC4)CCCOCC3)CC2)n1. The summed E-state index contributed by atoms with van der Waals surface area (Å²) in [5.41, 5.74) is 0. The predicted octanol–water partition coefficient (Wildman–Crippen LogP) is 4.83. The molecule has 0 aromatic carbocycles. The van der Waals surface area contributed by atoms with E-state index in [1.807, 2.05) is 24.8 Å². The molecule has 1 saturated heterocycles. The maximum Gasteiger partial charge on any atom is 0.120 e. The Balaban J connectivity index is 1.09. The van der Waals surface area contributed by atoms with Crippen LogP contribution in [-0.4, -0.2) is 92.7 Å². The first kappa shape index (κ1) is 27.8. The molecule has 38 heavy (non-hydrogen) atoms. The summed E-state index contributed by atoms with van der Waals surface area (Å²) >= 11 is 0. The molecule has 2 aliphatic carbocycles. The molecular formula is C30H51N7O. The van der Waals surface area contributed by atoms with Gasteiger partial charge in [0.25, 0.3) is 0 Å². The number of aromatic nitrogens is 4. The summed E-state index contributed by atoms with van der Waals surface area (Å²) in [5, 5.41) is 0. The lowest BCUT2D eigenvalue weighted by molar-refractivity contribution is 0.0649. The van der Waals surface area contributed by atoms with Crippen molar-refractivity contribution in [2.45, 2.75) is 102 Å². The lowest BCUT2D eigenvalue weighted by Gasteiger charge is -2.38. The minimum absolute atomic E-state index is 0.585. The minimum Gasteiger partial charge on any atom is -0.380 e. The number of hydrogen-bond donors (Lipinski definition) is 2. The Labute approximate surface area is 229 Å². The Hall–Kier alpha value is -1.74. The molecule has 3 heterocycles. The van der Waals surface area contributed by atoms with E-state index in [2.05, 4.69) is 34.6 Å². The summed E-state index contributed by atoms with van der Waals surface area (Å²) in [6.45, 7) is 9.58. The molecule has 0 atom stereocenters. The average molecular weight is 526 g/mol. The van der Waals surface area contributed by atoms with Crippen molar-refractivity contribution < 1.29 is 4.74 Å². The first-order chi connectivity index (χ1) is 18.8. The van der Waals surface area contributed by atoms with E-state index in [0.717, 1.165) is 56.5 Å². The van der Waals surface area contributed by atoms with Crippen LogP contribution in [0.3, 0.4) is 0 Å². The lowest BCUT2D eigenvalue weighted by atomic mass is 9.84. The highest BCUT2D eigenvalue weighted by molar-refractivity contribution is 4.94. The van der Waals surface area contributed by atoms with Gasteiger partial charge in [0.2, 0.25) is 0 Å². The van der Waals surface area contributed by atoms with Gasteiger partial charge in [-0.2, -0.15) is 0 Å². The first-order valence-electron chi connectivity index (χ1n) is 15.6. The van der Waals surface area contributed by atoms with Gasteiger partial charge in [0.1, 0.15) is 11.6 Å². The van der Waals surface area contributed by atoms with Crippen molar-refractivity contribution in [3.63, 3.8) is 0 Å². The number of aromatic amines is 2. The molecule has 2 saturated carbocycles. The standard InChI is InChI=1S/C30H51N7O/c1-2-7-27(8-3-1)36-18-5-4-17-35(20-22-38-21-6-19-36)23-26-9-11-28(12-10-26)37(24-29-31-13-14-32-29)25-30-33-15-16-34-30/h13-16,26-28H,1-12,17-25H2,(H,31,32)(H,33,34). The van der Waals surface area contributed by atoms with E-state index in [9.17, 15) is 0 Å². The third-order valence-electron chi connectivity index (χ3n) is 9.21. The highest BCUT2D eigenvalue weighted by Crippen LogP contribution is 2.30. The normalized spacial score (nSPS) is 26.2. The third-order valence-corrected chi connectivity index (χ3v) is 9.21. The zero-order valence-electron chi connectivity index (χ0n) is 23.5. The number of imidazole rings is 2. The number of H-pyrrole nitrogens is 2. The van der Waals surface area contributed by atoms with Crippen LogP contribution >= 0.6 is 0 Å². The van der Waals surface area contributed by atoms with E-state index < -0.39 is 0 Å². The molecular weight excluding hydrogens is 474 g/mol. The van der Waals surface area contributed by atoms with Crippen LogP contribution in [-0.2, 0) is 17.8 Å². The average Bonchev–Trinajstić information content (AvgIpc) is 3.66. The van der Waals surface area contributed by atoms with Gasteiger partial charge in [-0.15, -0.1) is 0 Å². The van der Waals surface area contributed by atoms with Crippen LogP contribution in [0.2, 0.25) is 0 Å². The van der Waals surface area contributed by atoms with Crippen LogP contribution in [0, 0.1) is 5.92 Å². The number of nitrogens with one attached hydrogen (secondary N) is 2. The van der Waals surface area contributed by atoms with Gasteiger partial charge in [-0.05, 0) is 76.8 Å². The van der Waals surface area contributed by atoms with Gasteiger partial charge in [0.15, 0.2) is 0 Å². The Morgan fingerprint density at radius 1 is 0.737 bits per heavy atom. The largest absolute Gasteiger partial charge is 0.380 e. The van der Waals surface area contributed by atoms with E-state index in [4.69, 9.17) is 4.74 Å². The Bertz CT molecular complexity index is 823. The van der Waals surface area contributed by atoms with E-state index in [-0.39, 0.29) is 0 Å². The Kier molecular flexibility index (Phi) is 11.1. The van der Waals surface area contributed by atoms with E-state index in [0.29, 0.717) is 6.04 Å². The summed E-state index contributed by atoms with van der Waals surface area (Å²) < 4.78 is 6.12. The van der Waals surface area contributed by atoms with Gasteiger partial charge in [-0.1, -0.05) is 19.3 Å². The fourth-order valence-electron chi connectivity index (χ4n) is 7.06. The molecule has 0 unspecified atom stereocenters. The molecule has 3 aliphatic rings. The smallest absolute Gasteiger partial charge is 0.120 e. The molecule has 8 nitrogen and oxygen atoms in total. The second-order valence-corrected chi connectivity index (χ2v) is 12.0. The van der Waals surface area contributed by atoms with Crippen molar-refractivity contribution in [3.05, 3.63) is 36.4 Å². The fourth-order valence-corrected chi connectivity index (χ4v) is 7.06. The Morgan fingerprint density at radius 3 is 2.11 bits per heavy atom. The van der Waals surface area contributed by atoms with Crippen LogP contribution in [0.25, 0.3) is 0 Å². The molecule has 8 heteroatoms. The third kappa shape index (κ3) is 8.63. The molecule has 0 radical (unpaired) electrons. The molecule has 0 amide bonds. The zero-order chi connectivity index (χ0) is 25.8. The van der Waals surface area contributed by atoms with Gasteiger partial charge >= 0.3 is 0 Å². The molecule has 1 aliphatic heterocycles. The summed E-state index contributed by atoms with van der Waals surface area (Å²) in [7, 11) is 0. The lowest BCUT2D eigenvalue weighted by Crippen LogP contribution is -2.41. The molecule has 0 bridgehead atoms. The van der Waals surface area contributed by atoms with Crippen molar-refractivity contribution in [2.75, 3.05) is 45.9 Å². The van der Waals surface area contributed by atoms with Crippen LogP contribution in [0.1, 0.15) is 88.7 Å². The van der Waals surface area contributed by atoms with Gasteiger partial charge in [0.05, 0.1) is 19.7 Å². The van der Waals surface area contributed by atoms with Crippen molar-refractivity contribution in [3.8, 4) is 0 Å². The Morgan fingerprint density at radius 2 is 1.42 bits per heavy atom. The van der Waals surface area contributed by atoms with Crippen molar-refractivity contribution in [1.29, 1.82) is 0 Å². The number of nitrogens with zero attached hydrogens (tertiary/aromatic N) is 5. The summed E-state index contributed by atoms with van der Waals surface area (Å²) in [5.74, 6) is 2.88. The predicted molar refractivity (Wildman–Crippen MR) is 152 cm³/mol. The molecule has 5 rings (SSSR count). The second-order valence-electron chi connectivity index (χ2n) is 12.0. The van der Waals surface area contributed by atoms with E-state index in [1.54, 1.807) is 0 Å². The summed E-state index contributed by atoms with van der Waals surface area (Å²) in [4.78, 5) is 23.7. The monoisotopic (exact) mass is 525 g/mol. The molecule has 2 aromatic rings. The minimum atomic E-state index is 0.585. The number of ether oxygens (including phenoxy) is 1. The van der Waals surface area contributed by atoms with Crippen molar-refractivity contribution in [2.24, 2.45) is 5.92 Å². The van der Waals surface area contributed by atoms with E-state index >= 15 is 0 Å². The number of hydrogen-bond acceptors (Lipinski definition) is 6. The van der Waals surface area contributed by atoms with Gasteiger partial charge in [-0.3, -0.25) is 4.90 Å². The van der Waals surface area contributed by atoms with Crippen LogP contribution in [0.15, 0.2) is 24.8 Å². The highest BCUT2D eigenvalue weighted by atomic mass is 16.5. The topological polar surface area (TPSA) is 76.3 Å². The molecule has 2 N–H and O–H groups in total. The fraction of sp³-hybridized carbons (Fsp3) is 0.800. The maximum absolute atomic E-state index is 6.12. The maximum atomic E-state index is 6.12. The first-order valence-corrected chi connectivity index (χ1v) is 15.6. The zero-order valence-corrected chi connectivity index (χ0v) is 23.5. The van der Waals surface area contributed by atoms with E-state index in [1.165, 1.54) is 103 Å². The second kappa shape index (κ2) is 15.2. The molecule has 3 fully saturated rings. The van der Waals surface area contributed by atoms with Crippen LogP contribution < -0.4 is 0 Å². The number of rotatable bonds is 8. The quantitative estimate of drug-likeness (QED) is 0.514. The van der Waals surface area contributed by atoms with Crippen LogP contribution in [0.4, 0.5) is 0 Å². The van der Waals surface area contributed by atoms with Crippen LogP contribution in [0.5, 0.6) is 0 Å². The highest BCUT2D eigenvalue weighted by Gasteiger charge is 2.28. The van der Waals surface area contributed by atoms with Gasteiger partial charge in [-0.25, -0.2) is 9.97 Å². The summed E-state index contributed by atoms with van der Waals surface area (Å²) in [6.07, 6.45) is 23.7. The molecule has 2 aromatic heterocycles.